The van der Waals surface area contributed by atoms with Gasteiger partial charge in [-0.3, -0.25) is 4.79 Å². The predicted molar refractivity (Wildman–Crippen MR) is 54.9 cm³/mol. The van der Waals surface area contributed by atoms with E-state index < -0.39 is 8.07 Å². The van der Waals surface area contributed by atoms with Crippen LogP contribution in [0.25, 0.3) is 0 Å². The zero-order valence-corrected chi connectivity index (χ0v) is 9.31. The molecule has 2 heteroatoms. The van der Waals surface area contributed by atoms with Crippen LogP contribution in [0.4, 0.5) is 0 Å². The van der Waals surface area contributed by atoms with Crippen LogP contribution in [-0.4, -0.2) is 13.9 Å². The maximum Gasteiger partial charge on any atom is 0.158 e. The molecule has 0 N–H and O–H groups in total. The van der Waals surface area contributed by atoms with Crippen molar-refractivity contribution >= 4 is 13.9 Å². The number of hydrogen-bond donors (Lipinski definition) is 0. The Bertz CT molecular complexity index is 210. The Morgan fingerprint density at radius 1 is 1.17 bits per heavy atom. The zero-order valence-electron chi connectivity index (χ0n) is 8.31. The van der Waals surface area contributed by atoms with Crippen molar-refractivity contribution in [3.8, 4) is 0 Å². The molecule has 0 amide bonds. The highest BCUT2D eigenvalue weighted by Crippen LogP contribution is 2.21. The summed E-state index contributed by atoms with van der Waals surface area (Å²) >= 11 is 0. The first kappa shape index (κ1) is 9.71. The van der Waals surface area contributed by atoms with Crippen LogP contribution in [0.1, 0.15) is 25.7 Å². The van der Waals surface area contributed by atoms with E-state index in [2.05, 4.69) is 25.3 Å². The Kier molecular flexibility index (Phi) is 2.88. The fourth-order valence-corrected chi connectivity index (χ4v) is 2.93. The number of ketones is 1. The Morgan fingerprint density at radius 3 is 2.25 bits per heavy atom. The van der Waals surface area contributed by atoms with Gasteiger partial charge in [-0.1, -0.05) is 25.3 Å². The molecule has 12 heavy (non-hydrogen) atoms. The minimum atomic E-state index is -1.17. The van der Waals surface area contributed by atoms with E-state index in [4.69, 9.17) is 0 Å². The van der Waals surface area contributed by atoms with E-state index in [-0.39, 0.29) is 0 Å². The maximum atomic E-state index is 11.4. The van der Waals surface area contributed by atoms with Gasteiger partial charge in [-0.05, 0) is 24.8 Å². The van der Waals surface area contributed by atoms with Crippen molar-refractivity contribution in [2.75, 3.05) is 0 Å². The summed E-state index contributed by atoms with van der Waals surface area (Å²) < 4.78 is 0. The number of Topliss-reactive ketones (excluding diaryl/α,β-unsaturated/α-hetero) is 1. The van der Waals surface area contributed by atoms with Gasteiger partial charge in [0.2, 0.25) is 0 Å². The van der Waals surface area contributed by atoms with Crippen molar-refractivity contribution in [1.29, 1.82) is 0 Å². The predicted octanol–water partition coefficient (Wildman–Crippen LogP) is 2.93. The van der Waals surface area contributed by atoms with Gasteiger partial charge < -0.3 is 0 Å². The first-order valence-electron chi connectivity index (χ1n) is 4.74. The van der Waals surface area contributed by atoms with Crippen LogP contribution in [0.5, 0.6) is 0 Å². The fraction of sp³-hybridized carbons (Fsp3) is 0.700. The monoisotopic (exact) mass is 182 g/mol. The van der Waals surface area contributed by atoms with Gasteiger partial charge in [0, 0.05) is 6.42 Å². The lowest BCUT2D eigenvalue weighted by atomic mass is 9.95. The van der Waals surface area contributed by atoms with E-state index in [9.17, 15) is 4.79 Å². The molecule has 1 rings (SSSR count). The summed E-state index contributed by atoms with van der Waals surface area (Å²) in [4.78, 5) is 11.4. The minimum absolute atomic E-state index is 0.406. The molecule has 0 spiro atoms. The minimum Gasteiger partial charge on any atom is -0.295 e. The van der Waals surface area contributed by atoms with E-state index in [0.29, 0.717) is 5.78 Å². The van der Waals surface area contributed by atoms with E-state index in [1.807, 2.05) is 0 Å². The van der Waals surface area contributed by atoms with Gasteiger partial charge in [-0.2, -0.15) is 0 Å². The average molecular weight is 182 g/mol. The van der Waals surface area contributed by atoms with Gasteiger partial charge in [0.1, 0.15) is 0 Å². The lowest BCUT2D eigenvalue weighted by Crippen LogP contribution is -2.20. The smallest absolute Gasteiger partial charge is 0.158 e. The molecular weight excluding hydrogens is 164 g/mol. The molecule has 0 aromatic carbocycles. The van der Waals surface area contributed by atoms with Crippen LogP contribution >= 0.6 is 0 Å². The van der Waals surface area contributed by atoms with Crippen LogP contribution in [0.2, 0.25) is 19.6 Å². The molecule has 1 aliphatic carbocycles. The molecule has 0 bridgehead atoms. The number of hydrogen-bond acceptors (Lipinski definition) is 1. The highest BCUT2D eigenvalue weighted by molar-refractivity contribution is 6.81. The number of carbonyl (C=O) groups is 1. The number of rotatable bonds is 1. The maximum absolute atomic E-state index is 11.4. The van der Waals surface area contributed by atoms with Gasteiger partial charge >= 0.3 is 0 Å². The van der Waals surface area contributed by atoms with E-state index in [1.165, 1.54) is 6.42 Å². The third-order valence-corrected chi connectivity index (χ3v) is 3.28. The molecule has 0 saturated heterocycles. The molecule has 0 heterocycles. The largest absolute Gasteiger partial charge is 0.295 e. The molecule has 1 aliphatic rings. The van der Waals surface area contributed by atoms with Crippen LogP contribution in [-0.2, 0) is 4.79 Å². The molecule has 1 nitrogen and oxygen atoms in total. The topological polar surface area (TPSA) is 17.1 Å². The second-order valence-electron chi connectivity index (χ2n) is 4.67. The Hall–Kier alpha value is -0.373. The molecule has 1 saturated carbocycles. The first-order chi connectivity index (χ1) is 5.49. The zero-order chi connectivity index (χ0) is 9.19. The van der Waals surface area contributed by atoms with Crippen molar-refractivity contribution in [3.05, 3.63) is 11.3 Å². The lowest BCUT2D eigenvalue weighted by Gasteiger charge is -2.17. The summed E-state index contributed by atoms with van der Waals surface area (Å²) in [5.41, 5.74) is 3.40. The molecule has 0 radical (unpaired) electrons. The summed E-state index contributed by atoms with van der Waals surface area (Å²) in [6.07, 6.45) is 4.13. The summed E-state index contributed by atoms with van der Waals surface area (Å²) in [6.45, 7) is 6.84. The van der Waals surface area contributed by atoms with Gasteiger partial charge in [0.15, 0.2) is 5.78 Å². The number of allylic oxidation sites excluding steroid dienone is 1. The van der Waals surface area contributed by atoms with Gasteiger partial charge in [-0.15, -0.1) is 0 Å². The third-order valence-electron chi connectivity index (χ3n) is 2.07. The Balaban J connectivity index is 2.72. The normalized spacial score (nSPS) is 23.2. The van der Waals surface area contributed by atoms with Gasteiger partial charge in [0.05, 0.1) is 8.07 Å². The molecule has 0 atom stereocenters. The summed E-state index contributed by atoms with van der Waals surface area (Å²) in [6, 6.07) is 0. The second kappa shape index (κ2) is 3.56. The quantitative estimate of drug-likeness (QED) is 0.450. The summed E-state index contributed by atoms with van der Waals surface area (Å²) in [5.74, 6) is 0.406. The van der Waals surface area contributed by atoms with Crippen molar-refractivity contribution in [2.45, 2.75) is 45.3 Å². The van der Waals surface area contributed by atoms with E-state index in [1.54, 1.807) is 0 Å². The molecule has 0 aromatic heterocycles. The van der Waals surface area contributed by atoms with Crippen molar-refractivity contribution in [2.24, 2.45) is 0 Å². The van der Waals surface area contributed by atoms with Crippen molar-refractivity contribution in [3.63, 3.8) is 0 Å². The fourth-order valence-electron chi connectivity index (χ4n) is 1.58. The Labute approximate surface area is 75.9 Å². The molecule has 1 fully saturated rings. The second-order valence-corrected chi connectivity index (χ2v) is 9.69. The summed E-state index contributed by atoms with van der Waals surface area (Å²) in [5, 5.41) is 0. The van der Waals surface area contributed by atoms with Crippen LogP contribution < -0.4 is 0 Å². The molecular formula is C10H18OSi. The first-order valence-corrected chi connectivity index (χ1v) is 8.32. The molecule has 0 aliphatic heterocycles. The average Bonchev–Trinajstić information content (AvgIpc) is 1.91. The van der Waals surface area contributed by atoms with Gasteiger partial charge in [-0.25, -0.2) is 0 Å². The van der Waals surface area contributed by atoms with Gasteiger partial charge in [0.25, 0.3) is 0 Å². The molecule has 68 valence electrons. The molecule has 0 aromatic rings. The van der Waals surface area contributed by atoms with E-state index in [0.717, 1.165) is 24.8 Å². The third kappa shape index (κ3) is 2.93. The highest BCUT2D eigenvalue weighted by atomic mass is 28.3. The number of carbonyl (C=O) groups excluding carboxylic acids is 1. The van der Waals surface area contributed by atoms with Crippen molar-refractivity contribution < 1.29 is 4.79 Å². The SMILES string of the molecule is C[Si](C)(C)C=C1CCCCC1=O. The lowest BCUT2D eigenvalue weighted by molar-refractivity contribution is -0.116. The highest BCUT2D eigenvalue weighted by Gasteiger charge is 2.18. The Morgan fingerprint density at radius 2 is 1.75 bits per heavy atom. The van der Waals surface area contributed by atoms with E-state index >= 15 is 0 Å². The van der Waals surface area contributed by atoms with Crippen LogP contribution in [0, 0.1) is 0 Å². The van der Waals surface area contributed by atoms with Crippen LogP contribution in [0.15, 0.2) is 11.3 Å². The summed E-state index contributed by atoms with van der Waals surface area (Å²) in [7, 11) is -1.17. The van der Waals surface area contributed by atoms with Crippen LogP contribution in [0.3, 0.4) is 0 Å². The standard InChI is InChI=1S/C10H18OSi/c1-12(2,3)8-9-6-4-5-7-10(9)11/h8H,4-7H2,1-3H3. The van der Waals surface area contributed by atoms with Crippen molar-refractivity contribution in [1.82, 2.24) is 0 Å². The molecule has 0 unspecified atom stereocenters.